The van der Waals surface area contributed by atoms with Crippen LogP contribution in [0.5, 0.6) is 0 Å². The van der Waals surface area contributed by atoms with Crippen LogP contribution in [0.2, 0.25) is 0 Å². The van der Waals surface area contributed by atoms with Crippen LogP contribution < -0.4 is 4.68 Å². The Bertz CT molecular complexity index is 335. The van der Waals surface area contributed by atoms with E-state index in [1.54, 1.807) is 0 Å². The van der Waals surface area contributed by atoms with Gasteiger partial charge < -0.3 is 0 Å². The molecule has 1 heterocycles. The van der Waals surface area contributed by atoms with E-state index in [1.807, 2.05) is 0 Å². The smallest absolute Gasteiger partial charge is 0.158 e. The van der Waals surface area contributed by atoms with Crippen molar-refractivity contribution >= 4 is 0 Å². The Morgan fingerprint density at radius 1 is 0.810 bits per heavy atom. The first kappa shape index (κ1) is 18.3. The Labute approximate surface area is 132 Å². The van der Waals surface area contributed by atoms with E-state index in [-0.39, 0.29) is 0 Å². The largest absolute Gasteiger partial charge is 0.195 e. The molecule has 0 unspecified atom stereocenters. The van der Waals surface area contributed by atoms with E-state index in [1.165, 1.54) is 89.3 Å². The van der Waals surface area contributed by atoms with Crippen LogP contribution in [0.25, 0.3) is 0 Å². The van der Waals surface area contributed by atoms with Crippen molar-refractivity contribution in [1.82, 2.24) is 4.68 Å². The van der Waals surface area contributed by atoms with Crippen LogP contribution in [0.15, 0.2) is 12.3 Å². The molecule has 1 rings (SSSR count). The van der Waals surface area contributed by atoms with Crippen molar-refractivity contribution < 1.29 is 4.68 Å². The molecule has 0 amide bonds. The lowest BCUT2D eigenvalue weighted by molar-refractivity contribution is -0.754. The summed E-state index contributed by atoms with van der Waals surface area (Å²) < 4.78 is 4.57. The lowest BCUT2D eigenvalue weighted by Gasteiger charge is -2.04. The summed E-state index contributed by atoms with van der Waals surface area (Å²) in [7, 11) is 2.13. The average Bonchev–Trinajstić information content (AvgIpc) is 2.80. The monoisotopic (exact) mass is 293 g/mol. The summed E-state index contributed by atoms with van der Waals surface area (Å²) in [5.41, 5.74) is 1.38. The van der Waals surface area contributed by atoms with E-state index in [9.17, 15) is 0 Å². The third kappa shape index (κ3) is 8.28. The highest BCUT2D eigenvalue weighted by Gasteiger charge is 2.06. The van der Waals surface area contributed by atoms with E-state index in [4.69, 9.17) is 0 Å². The summed E-state index contributed by atoms with van der Waals surface area (Å²) in [4.78, 5) is 0. The maximum absolute atomic E-state index is 2.37. The minimum Gasteiger partial charge on any atom is -0.158 e. The van der Waals surface area contributed by atoms with E-state index >= 15 is 0 Å². The molecule has 0 atom stereocenters. The minimum atomic E-state index is 1.17. The zero-order chi connectivity index (χ0) is 15.3. The van der Waals surface area contributed by atoms with E-state index in [2.05, 4.69) is 42.5 Å². The van der Waals surface area contributed by atoms with E-state index in [0.717, 1.165) is 0 Å². The molecule has 0 spiro atoms. The molecule has 1 aromatic heterocycles. The number of hydrogen-bond donors (Lipinski definition) is 0. The van der Waals surface area contributed by atoms with Gasteiger partial charge in [-0.05, 0) is 13.3 Å². The molecule has 122 valence electrons. The van der Waals surface area contributed by atoms with Gasteiger partial charge in [0, 0.05) is 6.07 Å². The molecule has 0 fully saturated rings. The Hall–Kier alpha value is -0.790. The topological polar surface area (TPSA) is 8.81 Å². The van der Waals surface area contributed by atoms with E-state index in [0.29, 0.717) is 0 Å². The fourth-order valence-electron chi connectivity index (χ4n) is 3.07. The number of aryl methyl sites for hydroxylation is 2. The molecule has 2 heteroatoms. The molecule has 0 aliphatic rings. The molecule has 0 aromatic carbocycles. The van der Waals surface area contributed by atoms with Gasteiger partial charge in [0.05, 0.1) is 12.2 Å². The van der Waals surface area contributed by atoms with Crippen molar-refractivity contribution in [2.75, 3.05) is 0 Å². The summed E-state index contributed by atoms with van der Waals surface area (Å²) in [6.07, 6.45) is 19.2. The lowest BCUT2D eigenvalue weighted by atomic mass is 10.1. The average molecular weight is 294 g/mol. The molecule has 0 radical (unpaired) electrons. The van der Waals surface area contributed by atoms with Gasteiger partial charge in [0.1, 0.15) is 0 Å². The van der Waals surface area contributed by atoms with Crippen LogP contribution in [0.1, 0.15) is 89.7 Å². The lowest BCUT2D eigenvalue weighted by Crippen LogP contribution is -2.38. The molecular weight excluding hydrogens is 256 g/mol. The molecule has 0 N–H and O–H groups in total. The van der Waals surface area contributed by atoms with Gasteiger partial charge in [-0.25, -0.2) is 0 Å². The fourth-order valence-corrected chi connectivity index (χ4v) is 3.07. The molecule has 1 aromatic rings. The Morgan fingerprint density at radius 2 is 1.29 bits per heavy atom. The molecule has 0 saturated carbocycles. The number of rotatable bonds is 13. The van der Waals surface area contributed by atoms with Gasteiger partial charge in [-0.1, -0.05) is 77.6 Å². The quantitative estimate of drug-likeness (QED) is 0.344. The number of aromatic nitrogens is 2. The maximum atomic E-state index is 2.37. The summed E-state index contributed by atoms with van der Waals surface area (Å²) >= 11 is 0. The van der Waals surface area contributed by atoms with Gasteiger partial charge >= 0.3 is 0 Å². The summed E-state index contributed by atoms with van der Waals surface area (Å²) in [5.74, 6) is 0. The first-order valence-corrected chi connectivity index (χ1v) is 9.27. The Kier molecular flexibility index (Phi) is 10.3. The van der Waals surface area contributed by atoms with Crippen LogP contribution in [0.4, 0.5) is 0 Å². The van der Waals surface area contributed by atoms with Gasteiger partial charge in [-0.2, -0.15) is 4.68 Å². The van der Waals surface area contributed by atoms with E-state index < -0.39 is 0 Å². The van der Waals surface area contributed by atoms with Gasteiger partial charge in [0.15, 0.2) is 13.2 Å². The number of unbranched alkanes of at least 4 members (excludes halogenated alkanes) is 11. The van der Waals surface area contributed by atoms with Gasteiger partial charge in [0.25, 0.3) is 0 Å². The molecule has 0 aliphatic carbocycles. The summed E-state index contributed by atoms with van der Waals surface area (Å²) in [5, 5.41) is 0. The second-order valence-corrected chi connectivity index (χ2v) is 6.54. The Balaban J connectivity index is 1.85. The number of hydrogen-bond acceptors (Lipinski definition) is 0. The van der Waals surface area contributed by atoms with Crippen LogP contribution >= 0.6 is 0 Å². The molecule has 0 aliphatic heterocycles. The highest BCUT2D eigenvalue weighted by atomic mass is 15.4. The van der Waals surface area contributed by atoms with Crippen LogP contribution in [-0.2, 0) is 13.6 Å². The van der Waals surface area contributed by atoms with Crippen molar-refractivity contribution in [3.8, 4) is 0 Å². The summed E-state index contributed by atoms with van der Waals surface area (Å²) in [6, 6.07) is 2.19. The van der Waals surface area contributed by atoms with Crippen molar-refractivity contribution in [2.45, 2.75) is 97.4 Å². The van der Waals surface area contributed by atoms with Gasteiger partial charge in [0.2, 0.25) is 0 Å². The van der Waals surface area contributed by atoms with Gasteiger partial charge in [-0.15, -0.1) is 4.68 Å². The molecule has 0 saturated heterocycles. The normalized spacial score (nSPS) is 11.2. The van der Waals surface area contributed by atoms with Crippen LogP contribution in [-0.4, -0.2) is 4.68 Å². The predicted octanol–water partition coefficient (Wildman–Crippen LogP) is 5.32. The van der Waals surface area contributed by atoms with Crippen molar-refractivity contribution in [3.63, 3.8) is 0 Å². The van der Waals surface area contributed by atoms with Gasteiger partial charge in [-0.3, -0.25) is 0 Å². The van der Waals surface area contributed by atoms with Crippen molar-refractivity contribution in [1.29, 1.82) is 0 Å². The second-order valence-electron chi connectivity index (χ2n) is 6.54. The third-order valence-corrected chi connectivity index (χ3v) is 4.54. The zero-order valence-electron chi connectivity index (χ0n) is 14.7. The molecule has 0 bridgehead atoms. The Morgan fingerprint density at radius 3 is 1.71 bits per heavy atom. The van der Waals surface area contributed by atoms with Crippen molar-refractivity contribution in [2.24, 2.45) is 7.05 Å². The fraction of sp³-hybridized carbons (Fsp3) is 0.842. The number of nitrogens with zero attached hydrogens (tertiary/aromatic N) is 2. The standard InChI is InChI=1S/C19H37N2/c1-4-5-6-7-8-9-10-11-12-13-14-15-17-21-19(2)16-18-20(21)3/h16,18H,4-15,17H2,1-3H3/q+1. The first-order valence-electron chi connectivity index (χ1n) is 9.27. The van der Waals surface area contributed by atoms with Crippen LogP contribution in [0, 0.1) is 6.92 Å². The third-order valence-electron chi connectivity index (χ3n) is 4.54. The van der Waals surface area contributed by atoms with Crippen molar-refractivity contribution in [3.05, 3.63) is 18.0 Å². The second kappa shape index (κ2) is 11.8. The minimum absolute atomic E-state index is 1.17. The summed E-state index contributed by atoms with van der Waals surface area (Å²) in [6.45, 7) is 5.66. The maximum Gasteiger partial charge on any atom is 0.195 e. The molecular formula is C19H37N2+. The van der Waals surface area contributed by atoms with Crippen LogP contribution in [0.3, 0.4) is 0 Å². The molecule has 21 heavy (non-hydrogen) atoms. The molecule has 2 nitrogen and oxygen atoms in total. The first-order chi connectivity index (χ1) is 10.3. The predicted molar refractivity (Wildman–Crippen MR) is 91.4 cm³/mol. The zero-order valence-corrected chi connectivity index (χ0v) is 14.7. The highest BCUT2D eigenvalue weighted by molar-refractivity contribution is 4.92. The highest BCUT2D eigenvalue weighted by Crippen LogP contribution is 2.12. The SMILES string of the molecule is CCCCCCCCCCCCCCn1c(C)cc[n+]1C.